The molecule has 130 valence electrons. The van der Waals surface area contributed by atoms with E-state index >= 15 is 0 Å². The highest BCUT2D eigenvalue weighted by Crippen LogP contribution is 2.60. The smallest absolute Gasteiger partial charge is 0.197 e. The molecule has 23 heavy (non-hydrogen) atoms. The molecular formula is C20H32O3. The van der Waals surface area contributed by atoms with Crippen LogP contribution in [-0.4, -0.2) is 22.1 Å². The number of rotatable bonds is 3. The summed E-state index contributed by atoms with van der Waals surface area (Å²) in [6.07, 6.45) is 7.31. The monoisotopic (exact) mass is 320 g/mol. The van der Waals surface area contributed by atoms with Crippen molar-refractivity contribution in [1.82, 2.24) is 0 Å². The Bertz CT molecular complexity index is 509. The molecule has 3 heteroatoms. The lowest BCUT2D eigenvalue weighted by atomic mass is 9.53. The second kappa shape index (κ2) is 6.23. The molecule has 0 aromatic heterocycles. The molecular weight excluding hydrogens is 288 g/mol. The van der Waals surface area contributed by atoms with Gasteiger partial charge in [0.1, 0.15) is 0 Å². The maximum atomic E-state index is 12.1. The number of allylic oxidation sites excluding steroid dienone is 2. The van der Waals surface area contributed by atoms with Gasteiger partial charge in [0.15, 0.2) is 11.5 Å². The van der Waals surface area contributed by atoms with Gasteiger partial charge in [-0.15, -0.1) is 0 Å². The Balaban J connectivity index is 1.82. The number of ketones is 1. The van der Waals surface area contributed by atoms with Crippen molar-refractivity contribution in [3.05, 3.63) is 11.3 Å². The third-order valence-electron chi connectivity index (χ3n) is 7.43. The molecule has 0 bridgehead atoms. The minimum atomic E-state index is -0.139. The summed E-state index contributed by atoms with van der Waals surface area (Å²) >= 11 is 0. The zero-order valence-electron chi connectivity index (χ0n) is 14.8. The Morgan fingerprint density at radius 2 is 1.96 bits per heavy atom. The number of fused-ring (bicyclic) bond motifs is 3. The van der Waals surface area contributed by atoms with Crippen molar-refractivity contribution < 1.29 is 15.0 Å². The van der Waals surface area contributed by atoms with E-state index in [-0.39, 0.29) is 23.1 Å². The van der Waals surface area contributed by atoms with Gasteiger partial charge in [-0.3, -0.25) is 4.79 Å². The highest BCUT2D eigenvalue weighted by Gasteiger charge is 2.55. The molecule has 2 N–H and O–H groups in total. The predicted octanol–water partition coefficient (Wildman–Crippen LogP) is 4.40. The summed E-state index contributed by atoms with van der Waals surface area (Å²) in [6, 6.07) is 0. The van der Waals surface area contributed by atoms with Gasteiger partial charge >= 0.3 is 0 Å². The van der Waals surface area contributed by atoms with Crippen molar-refractivity contribution in [3.63, 3.8) is 0 Å². The molecule has 3 saturated carbocycles. The van der Waals surface area contributed by atoms with E-state index in [0.717, 1.165) is 50.5 Å². The standard InChI is InChI=1S/C20H32O3/c1-4-5-17(21)19(23)14-6-7-15-13(12(14)2)10-11-20(3)16(15)8-9-18(20)22/h12-13,15-16,18,22-23H,4-11H2,1-3H3/b19-14+/t12-,13+,15+,16-,18-,20-/m0/s1. The SMILES string of the molecule is CCCC(=O)/C(O)=C1/CC[C@@H]2[C@H](CC[C@]3(C)[C@@H](O)CC[C@@H]23)[C@@H]1C. The van der Waals surface area contributed by atoms with Crippen molar-refractivity contribution in [2.24, 2.45) is 29.1 Å². The number of Topliss-reactive ketones (excluding diaryl/α,β-unsaturated/α-hetero) is 1. The highest BCUT2D eigenvalue weighted by atomic mass is 16.3. The number of carbonyl (C=O) groups excluding carboxylic acids is 1. The Morgan fingerprint density at radius 3 is 2.65 bits per heavy atom. The Hall–Kier alpha value is -0.830. The molecule has 0 aromatic rings. The second-order valence-electron chi connectivity index (χ2n) is 8.45. The third-order valence-corrected chi connectivity index (χ3v) is 7.43. The van der Waals surface area contributed by atoms with E-state index < -0.39 is 0 Å². The van der Waals surface area contributed by atoms with Crippen LogP contribution in [0.5, 0.6) is 0 Å². The summed E-state index contributed by atoms with van der Waals surface area (Å²) in [7, 11) is 0. The molecule has 0 aliphatic heterocycles. The fraction of sp³-hybridized carbons (Fsp3) is 0.850. The third kappa shape index (κ3) is 2.65. The number of hydrogen-bond donors (Lipinski definition) is 2. The number of aliphatic hydroxyl groups excluding tert-OH is 2. The summed E-state index contributed by atoms with van der Waals surface area (Å²) in [6.45, 7) is 6.46. The van der Waals surface area contributed by atoms with E-state index in [1.165, 1.54) is 0 Å². The molecule has 3 aliphatic rings. The number of hydrogen-bond acceptors (Lipinski definition) is 3. The van der Waals surface area contributed by atoms with Crippen LogP contribution in [0.15, 0.2) is 11.3 Å². The van der Waals surface area contributed by atoms with Crippen molar-refractivity contribution >= 4 is 5.78 Å². The first-order valence-corrected chi connectivity index (χ1v) is 9.53. The first kappa shape index (κ1) is 17.0. The molecule has 0 heterocycles. The van der Waals surface area contributed by atoms with E-state index in [9.17, 15) is 15.0 Å². The van der Waals surface area contributed by atoms with Gasteiger partial charge in [-0.25, -0.2) is 0 Å². The molecule has 0 radical (unpaired) electrons. The van der Waals surface area contributed by atoms with Crippen LogP contribution in [0.1, 0.15) is 72.1 Å². The lowest BCUT2D eigenvalue weighted by molar-refractivity contribution is -0.118. The average molecular weight is 320 g/mol. The first-order chi connectivity index (χ1) is 10.9. The summed E-state index contributed by atoms with van der Waals surface area (Å²) in [5, 5.41) is 20.8. The lowest BCUT2D eigenvalue weighted by Gasteiger charge is -2.52. The minimum absolute atomic E-state index is 0.0672. The summed E-state index contributed by atoms with van der Waals surface area (Å²) in [5.74, 6) is 2.13. The summed E-state index contributed by atoms with van der Waals surface area (Å²) in [4.78, 5) is 12.1. The van der Waals surface area contributed by atoms with Gasteiger partial charge in [0.05, 0.1) is 6.10 Å². The van der Waals surface area contributed by atoms with Crippen LogP contribution in [-0.2, 0) is 4.79 Å². The molecule has 6 atom stereocenters. The largest absolute Gasteiger partial charge is 0.504 e. The van der Waals surface area contributed by atoms with E-state index in [1.807, 2.05) is 6.92 Å². The van der Waals surface area contributed by atoms with Crippen LogP contribution in [0.25, 0.3) is 0 Å². The molecule has 3 aliphatic carbocycles. The molecule has 0 unspecified atom stereocenters. The molecule has 3 rings (SSSR count). The molecule has 3 fully saturated rings. The summed E-state index contributed by atoms with van der Waals surface area (Å²) < 4.78 is 0. The molecule has 0 spiro atoms. The quantitative estimate of drug-likeness (QED) is 0.598. The second-order valence-corrected chi connectivity index (χ2v) is 8.45. The lowest BCUT2D eigenvalue weighted by Crippen LogP contribution is -2.46. The van der Waals surface area contributed by atoms with Crippen LogP contribution in [0.4, 0.5) is 0 Å². The van der Waals surface area contributed by atoms with Crippen molar-refractivity contribution in [1.29, 1.82) is 0 Å². The topological polar surface area (TPSA) is 57.5 Å². The Morgan fingerprint density at radius 1 is 1.22 bits per heavy atom. The Kier molecular flexibility index (Phi) is 4.61. The maximum absolute atomic E-state index is 12.1. The van der Waals surface area contributed by atoms with Crippen LogP contribution < -0.4 is 0 Å². The molecule has 3 nitrogen and oxygen atoms in total. The van der Waals surface area contributed by atoms with Gasteiger partial charge in [0, 0.05) is 6.42 Å². The van der Waals surface area contributed by atoms with E-state index in [1.54, 1.807) is 0 Å². The molecule has 0 saturated heterocycles. The Labute approximate surface area is 140 Å². The van der Waals surface area contributed by atoms with Gasteiger partial charge in [0.2, 0.25) is 0 Å². The van der Waals surface area contributed by atoms with E-state index in [2.05, 4.69) is 13.8 Å². The highest BCUT2D eigenvalue weighted by molar-refractivity contribution is 5.93. The average Bonchev–Trinajstić information content (AvgIpc) is 2.83. The maximum Gasteiger partial charge on any atom is 0.197 e. The van der Waals surface area contributed by atoms with Crippen LogP contribution in [0, 0.1) is 29.1 Å². The van der Waals surface area contributed by atoms with Crippen molar-refractivity contribution in [3.8, 4) is 0 Å². The van der Waals surface area contributed by atoms with E-state index in [4.69, 9.17) is 0 Å². The van der Waals surface area contributed by atoms with Crippen LogP contribution in [0.2, 0.25) is 0 Å². The van der Waals surface area contributed by atoms with Crippen molar-refractivity contribution in [2.45, 2.75) is 78.2 Å². The van der Waals surface area contributed by atoms with Gasteiger partial charge in [-0.05, 0) is 79.6 Å². The normalized spacial score (nSPS) is 45.3. The fourth-order valence-electron chi connectivity index (χ4n) is 5.99. The zero-order valence-corrected chi connectivity index (χ0v) is 14.8. The molecule has 0 aromatic carbocycles. The number of aliphatic hydroxyl groups is 2. The van der Waals surface area contributed by atoms with Gasteiger partial charge in [-0.1, -0.05) is 20.8 Å². The van der Waals surface area contributed by atoms with Crippen molar-refractivity contribution in [2.75, 3.05) is 0 Å². The van der Waals surface area contributed by atoms with E-state index in [0.29, 0.717) is 30.1 Å². The van der Waals surface area contributed by atoms with Gasteiger partial charge in [-0.2, -0.15) is 0 Å². The van der Waals surface area contributed by atoms with Crippen LogP contribution >= 0.6 is 0 Å². The fourth-order valence-corrected chi connectivity index (χ4v) is 5.99. The zero-order chi connectivity index (χ0) is 16.8. The minimum Gasteiger partial charge on any atom is -0.504 e. The molecule has 0 amide bonds. The van der Waals surface area contributed by atoms with Gasteiger partial charge in [0.25, 0.3) is 0 Å². The summed E-state index contributed by atoms with van der Waals surface area (Å²) in [5.41, 5.74) is 1.11. The first-order valence-electron chi connectivity index (χ1n) is 9.53. The van der Waals surface area contributed by atoms with Crippen LogP contribution in [0.3, 0.4) is 0 Å². The van der Waals surface area contributed by atoms with Gasteiger partial charge < -0.3 is 10.2 Å². The number of carbonyl (C=O) groups is 1. The predicted molar refractivity (Wildman–Crippen MR) is 91.0 cm³/mol.